The Labute approximate surface area is 189 Å². The second-order valence-corrected chi connectivity index (χ2v) is 9.40. The summed E-state index contributed by atoms with van der Waals surface area (Å²) in [7, 11) is 0. The lowest BCUT2D eigenvalue weighted by atomic mass is 10.0. The van der Waals surface area contributed by atoms with Crippen LogP contribution in [0, 0.1) is 6.92 Å². The second-order valence-electron chi connectivity index (χ2n) is 8.48. The molecular weight excluding hydrogens is 420 g/mol. The molecule has 0 spiro atoms. The van der Waals surface area contributed by atoms with Gasteiger partial charge in [-0.05, 0) is 41.0 Å². The van der Waals surface area contributed by atoms with Crippen LogP contribution >= 0.6 is 11.3 Å². The Morgan fingerprint density at radius 2 is 1.56 bits per heavy atom. The highest BCUT2D eigenvalue weighted by Crippen LogP contribution is 2.19. The molecule has 0 saturated heterocycles. The van der Waals surface area contributed by atoms with Crippen molar-refractivity contribution in [2.24, 2.45) is 0 Å². The average molecular weight is 445 g/mol. The Morgan fingerprint density at radius 3 is 2.25 bits per heavy atom. The first-order valence-corrected chi connectivity index (χ1v) is 11.5. The lowest BCUT2D eigenvalue weighted by molar-refractivity contribution is 0.654. The van der Waals surface area contributed by atoms with E-state index in [0.717, 1.165) is 16.7 Å². The van der Waals surface area contributed by atoms with Gasteiger partial charge in [0.25, 0.3) is 5.56 Å². The first-order chi connectivity index (χ1) is 15.4. The molecule has 0 bridgehead atoms. The van der Waals surface area contributed by atoms with Crippen molar-refractivity contribution in [1.29, 1.82) is 0 Å². The Morgan fingerprint density at radius 1 is 0.906 bits per heavy atom. The number of hydrogen-bond donors (Lipinski definition) is 0. The van der Waals surface area contributed by atoms with Gasteiger partial charge < -0.3 is 0 Å². The van der Waals surface area contributed by atoms with Crippen LogP contribution in [0.2, 0.25) is 0 Å². The molecular formula is C25H24N4O2S. The summed E-state index contributed by atoms with van der Waals surface area (Å²) in [5.74, 6) is 0.808. The molecule has 0 unspecified atom stereocenters. The molecule has 3 heterocycles. The van der Waals surface area contributed by atoms with Crippen LogP contribution in [-0.4, -0.2) is 18.7 Å². The molecule has 0 aliphatic carbocycles. The van der Waals surface area contributed by atoms with Crippen molar-refractivity contribution in [2.75, 3.05) is 0 Å². The number of thiophene rings is 1. The Hall–Kier alpha value is -3.45. The van der Waals surface area contributed by atoms with E-state index in [2.05, 4.69) is 31.1 Å². The van der Waals surface area contributed by atoms with Crippen molar-refractivity contribution in [2.45, 2.75) is 39.8 Å². The lowest BCUT2D eigenvalue weighted by Gasteiger charge is -2.10. The molecule has 0 aliphatic heterocycles. The van der Waals surface area contributed by atoms with Crippen molar-refractivity contribution in [3.63, 3.8) is 0 Å². The zero-order valence-electron chi connectivity index (χ0n) is 18.3. The minimum absolute atomic E-state index is 0.122. The van der Waals surface area contributed by atoms with Crippen LogP contribution in [0.4, 0.5) is 0 Å². The van der Waals surface area contributed by atoms with Gasteiger partial charge in [-0.1, -0.05) is 67.9 Å². The molecule has 0 atom stereocenters. The summed E-state index contributed by atoms with van der Waals surface area (Å²) in [6.45, 7) is 7.04. The van der Waals surface area contributed by atoms with Crippen molar-refractivity contribution in [3.05, 3.63) is 103 Å². The van der Waals surface area contributed by atoms with Crippen LogP contribution < -0.4 is 11.2 Å². The van der Waals surface area contributed by atoms with Crippen LogP contribution in [0.5, 0.6) is 0 Å². The smallest absolute Gasteiger partial charge is 0.271 e. The van der Waals surface area contributed by atoms with Gasteiger partial charge in [0, 0.05) is 0 Å². The summed E-state index contributed by atoms with van der Waals surface area (Å²) >= 11 is 1.35. The minimum atomic E-state index is -0.243. The molecule has 32 heavy (non-hydrogen) atoms. The maximum Gasteiger partial charge on any atom is 0.352 e. The highest BCUT2D eigenvalue weighted by atomic mass is 32.1. The van der Waals surface area contributed by atoms with Gasteiger partial charge in [0.2, 0.25) is 5.78 Å². The predicted octanol–water partition coefficient (Wildman–Crippen LogP) is 4.40. The third kappa shape index (κ3) is 3.48. The summed E-state index contributed by atoms with van der Waals surface area (Å²) in [6.07, 6.45) is 0. The lowest BCUT2D eigenvalue weighted by Crippen LogP contribution is -2.26. The number of aromatic nitrogens is 4. The average Bonchev–Trinajstić information content (AvgIpc) is 3.38. The van der Waals surface area contributed by atoms with Crippen LogP contribution in [0.25, 0.3) is 16.0 Å². The molecule has 5 aromatic rings. The van der Waals surface area contributed by atoms with E-state index in [0.29, 0.717) is 35.0 Å². The summed E-state index contributed by atoms with van der Waals surface area (Å²) < 4.78 is 5.17. The Balaban J connectivity index is 1.66. The molecule has 0 aliphatic rings. The predicted molar refractivity (Wildman–Crippen MR) is 129 cm³/mol. The maximum absolute atomic E-state index is 13.3. The molecule has 6 nitrogen and oxygen atoms in total. The molecule has 0 saturated carbocycles. The fourth-order valence-electron chi connectivity index (χ4n) is 3.94. The van der Waals surface area contributed by atoms with Crippen LogP contribution in [0.1, 0.15) is 42.0 Å². The van der Waals surface area contributed by atoms with E-state index in [-0.39, 0.29) is 11.2 Å². The molecule has 5 rings (SSSR count). The minimum Gasteiger partial charge on any atom is -0.271 e. The highest BCUT2D eigenvalue weighted by molar-refractivity contribution is 7.17. The summed E-state index contributed by atoms with van der Waals surface area (Å²) in [4.78, 5) is 26.6. The Bertz CT molecular complexity index is 1530. The first kappa shape index (κ1) is 20.5. The topological polar surface area (TPSA) is 61.3 Å². The van der Waals surface area contributed by atoms with Crippen LogP contribution in [0.15, 0.2) is 69.6 Å². The van der Waals surface area contributed by atoms with Crippen molar-refractivity contribution >= 4 is 27.3 Å². The molecule has 0 amide bonds. The maximum atomic E-state index is 13.3. The number of nitrogens with zero attached hydrogens (tertiary/aromatic N) is 4. The monoisotopic (exact) mass is 444 g/mol. The number of fused-ring (bicyclic) bond motifs is 3. The molecule has 3 aromatic heterocycles. The zero-order valence-corrected chi connectivity index (χ0v) is 19.1. The Kier molecular flexibility index (Phi) is 5.06. The number of hydrogen-bond acceptors (Lipinski definition) is 4. The van der Waals surface area contributed by atoms with E-state index in [1.165, 1.54) is 21.6 Å². The molecule has 0 N–H and O–H groups in total. The largest absolute Gasteiger partial charge is 0.352 e. The molecule has 0 radical (unpaired) electrons. The van der Waals surface area contributed by atoms with Crippen LogP contribution in [0.3, 0.4) is 0 Å². The SMILES string of the molecule is Cc1ccc(Cn2nc3n(Cc4ccc(C(C)C)cc4)c(=O)c4sccc4n3c2=O)cc1. The first-order valence-electron chi connectivity index (χ1n) is 10.7. The summed E-state index contributed by atoms with van der Waals surface area (Å²) in [5, 5.41) is 6.44. The second kappa shape index (κ2) is 7.91. The molecule has 7 heteroatoms. The van der Waals surface area contributed by atoms with Crippen molar-refractivity contribution in [3.8, 4) is 0 Å². The van der Waals surface area contributed by atoms with Gasteiger partial charge >= 0.3 is 5.69 Å². The quantitative estimate of drug-likeness (QED) is 0.404. The van der Waals surface area contributed by atoms with Gasteiger partial charge in [-0.3, -0.25) is 9.36 Å². The van der Waals surface area contributed by atoms with Gasteiger partial charge in [-0.2, -0.15) is 0 Å². The molecule has 162 valence electrons. The van der Waals surface area contributed by atoms with E-state index < -0.39 is 0 Å². The number of benzene rings is 2. The van der Waals surface area contributed by atoms with Gasteiger partial charge in [0.1, 0.15) is 4.70 Å². The van der Waals surface area contributed by atoms with E-state index in [9.17, 15) is 9.59 Å². The van der Waals surface area contributed by atoms with Gasteiger partial charge in [-0.25, -0.2) is 13.9 Å². The van der Waals surface area contributed by atoms with Crippen molar-refractivity contribution in [1.82, 2.24) is 18.7 Å². The standard InChI is InChI=1S/C25H24N4O2S/c1-16(2)20-10-8-18(9-11-20)14-27-23(30)22-21(12-13-32-22)29-24(27)26-28(25(29)31)15-19-6-4-17(3)5-7-19/h4-13,16H,14-15H2,1-3H3. The van der Waals surface area contributed by atoms with E-state index in [1.54, 1.807) is 8.97 Å². The van der Waals surface area contributed by atoms with Gasteiger partial charge in [-0.15, -0.1) is 16.4 Å². The fourth-order valence-corrected chi connectivity index (χ4v) is 4.76. The third-order valence-corrected chi connectivity index (χ3v) is 6.72. The fraction of sp³-hybridized carbons (Fsp3) is 0.240. The normalized spacial score (nSPS) is 11.8. The van der Waals surface area contributed by atoms with Gasteiger partial charge in [0.15, 0.2) is 0 Å². The molecule has 2 aromatic carbocycles. The van der Waals surface area contributed by atoms with Crippen molar-refractivity contribution < 1.29 is 0 Å². The van der Waals surface area contributed by atoms with E-state index in [4.69, 9.17) is 0 Å². The van der Waals surface area contributed by atoms with Gasteiger partial charge in [0.05, 0.1) is 18.6 Å². The number of rotatable bonds is 5. The zero-order chi connectivity index (χ0) is 22.4. The highest BCUT2D eigenvalue weighted by Gasteiger charge is 2.18. The van der Waals surface area contributed by atoms with Crippen LogP contribution in [-0.2, 0) is 13.1 Å². The summed E-state index contributed by atoms with van der Waals surface area (Å²) in [6, 6.07) is 18.1. The molecule has 0 fully saturated rings. The third-order valence-electron chi connectivity index (χ3n) is 5.83. The summed E-state index contributed by atoms with van der Waals surface area (Å²) in [5.41, 5.74) is 4.64. The number of aryl methyl sites for hydroxylation is 1. The van der Waals surface area contributed by atoms with E-state index >= 15 is 0 Å². The van der Waals surface area contributed by atoms with E-state index in [1.807, 2.05) is 54.8 Å².